The van der Waals surface area contributed by atoms with Gasteiger partial charge in [0.2, 0.25) is 0 Å². The topological polar surface area (TPSA) is 98.9 Å². The molecule has 43 heavy (non-hydrogen) atoms. The minimum atomic E-state index is 0. The molecule has 0 spiro atoms. The van der Waals surface area contributed by atoms with Crippen LogP contribution in [0.2, 0.25) is 0 Å². The molecule has 0 N–H and O–H groups in total. The Bertz CT molecular complexity index is 1800. The molecule has 0 aliphatic carbocycles. The molecule has 5 heterocycles. The number of halogens is 2. The second-order valence-corrected chi connectivity index (χ2v) is 9.67. The monoisotopic (exact) mass is 630 g/mol. The number of rotatable bonds is 0. The number of amidine groups is 8. The molecule has 200 valence electrons. The van der Waals surface area contributed by atoms with Crippen LogP contribution >= 0.6 is 0 Å². The second-order valence-electron chi connectivity index (χ2n) is 9.67. The first-order valence-corrected chi connectivity index (χ1v) is 12.9. The zero-order chi connectivity index (χ0) is 26.2. The van der Waals surface area contributed by atoms with E-state index in [1.807, 2.05) is 97.1 Å². The SMILES string of the molecule is [Cl-].[Cl-].[Ti+4].c1ccc2c(c1)C1=NC2=NC2=NC(=NC3=NC(=NC4=NC(=N1)c1ccccc14)c1ccccc13)c1ccccc12. The summed E-state index contributed by atoms with van der Waals surface area (Å²) in [6.45, 7) is 0. The van der Waals surface area contributed by atoms with Crippen molar-refractivity contribution < 1.29 is 46.5 Å². The van der Waals surface area contributed by atoms with Crippen LogP contribution in [0.1, 0.15) is 44.5 Å². The number of hydrogen-bond acceptors (Lipinski definition) is 8. The maximum Gasteiger partial charge on any atom is 4.00 e. The Morgan fingerprint density at radius 2 is 0.349 bits per heavy atom. The summed E-state index contributed by atoms with van der Waals surface area (Å²) in [4.78, 5) is 39.3. The molecule has 4 aromatic carbocycles. The molecule has 8 bridgehead atoms. The fourth-order valence-electron chi connectivity index (χ4n) is 5.46. The van der Waals surface area contributed by atoms with Crippen molar-refractivity contribution in [1.29, 1.82) is 0 Å². The van der Waals surface area contributed by atoms with Crippen LogP contribution in [0.4, 0.5) is 0 Å². The molecule has 8 nitrogen and oxygen atoms in total. The van der Waals surface area contributed by atoms with Crippen molar-refractivity contribution in [3.63, 3.8) is 0 Å². The molecule has 5 aliphatic heterocycles. The fourth-order valence-corrected chi connectivity index (χ4v) is 5.46. The molecule has 4 aromatic rings. The Morgan fingerprint density at radius 3 is 0.465 bits per heavy atom. The van der Waals surface area contributed by atoms with Crippen molar-refractivity contribution in [3.8, 4) is 0 Å². The van der Waals surface area contributed by atoms with E-state index in [4.69, 9.17) is 39.9 Å². The Labute approximate surface area is 273 Å². The first-order chi connectivity index (χ1) is 19.8. The zero-order valence-corrected chi connectivity index (χ0v) is 25.1. The van der Waals surface area contributed by atoms with Crippen molar-refractivity contribution in [3.05, 3.63) is 142 Å². The van der Waals surface area contributed by atoms with E-state index < -0.39 is 0 Å². The Kier molecular flexibility index (Phi) is 7.32. The summed E-state index contributed by atoms with van der Waals surface area (Å²) in [5.41, 5.74) is 7.15. The quantitative estimate of drug-likeness (QED) is 0.219. The van der Waals surface area contributed by atoms with E-state index >= 15 is 0 Å². The van der Waals surface area contributed by atoms with Gasteiger partial charge in [-0.25, -0.2) is 39.9 Å². The van der Waals surface area contributed by atoms with Crippen molar-refractivity contribution >= 4 is 46.7 Å². The third kappa shape index (κ3) is 4.42. The molecule has 0 unspecified atom stereocenters. The van der Waals surface area contributed by atoms with Gasteiger partial charge in [0.05, 0.1) is 0 Å². The predicted octanol–water partition coefficient (Wildman–Crippen LogP) is -1.17. The van der Waals surface area contributed by atoms with E-state index in [0.717, 1.165) is 44.5 Å². The Balaban J connectivity index is 0.00000110. The maximum absolute atomic E-state index is 4.95. The van der Waals surface area contributed by atoms with Crippen LogP contribution in [0, 0.1) is 0 Å². The van der Waals surface area contributed by atoms with Crippen LogP contribution in [0.3, 0.4) is 0 Å². The van der Waals surface area contributed by atoms with Gasteiger partial charge in [0.25, 0.3) is 0 Å². The molecule has 0 saturated carbocycles. The van der Waals surface area contributed by atoms with Crippen molar-refractivity contribution in [2.75, 3.05) is 0 Å². The molecule has 0 fully saturated rings. The molecular formula is C32H16Cl2N8Ti+2. The second kappa shape index (κ2) is 11.0. The van der Waals surface area contributed by atoms with Gasteiger partial charge in [-0.3, -0.25) is 0 Å². The normalized spacial score (nSPS) is 16.0. The van der Waals surface area contributed by atoms with Crippen LogP contribution in [0.15, 0.2) is 137 Å². The van der Waals surface area contributed by atoms with Crippen LogP contribution in [-0.2, 0) is 21.7 Å². The summed E-state index contributed by atoms with van der Waals surface area (Å²) in [5.74, 6) is 4.42. The molecule has 0 saturated heterocycles. The van der Waals surface area contributed by atoms with Crippen molar-refractivity contribution in [1.82, 2.24) is 0 Å². The van der Waals surface area contributed by atoms with Gasteiger partial charge >= 0.3 is 21.7 Å². The van der Waals surface area contributed by atoms with Gasteiger partial charge < -0.3 is 24.8 Å². The van der Waals surface area contributed by atoms with Crippen molar-refractivity contribution in [2.24, 2.45) is 39.9 Å². The average Bonchev–Trinajstić information content (AvgIpc) is 3.73. The third-order valence-electron chi connectivity index (χ3n) is 7.33. The van der Waals surface area contributed by atoms with Gasteiger partial charge in [0.15, 0.2) is 46.7 Å². The van der Waals surface area contributed by atoms with Crippen LogP contribution in [0.25, 0.3) is 0 Å². The summed E-state index contributed by atoms with van der Waals surface area (Å²) in [7, 11) is 0. The molecule has 5 aliphatic rings. The smallest absolute Gasteiger partial charge is 1.00 e. The molecular weight excluding hydrogens is 615 g/mol. The van der Waals surface area contributed by atoms with Gasteiger partial charge in [-0.2, -0.15) is 0 Å². The first kappa shape index (κ1) is 28.6. The predicted molar refractivity (Wildman–Crippen MR) is 158 cm³/mol. The van der Waals surface area contributed by atoms with E-state index in [1.165, 1.54) is 0 Å². The molecule has 9 rings (SSSR count). The molecule has 0 radical (unpaired) electrons. The maximum atomic E-state index is 4.95. The summed E-state index contributed by atoms with van der Waals surface area (Å²) in [5, 5.41) is 0. The van der Waals surface area contributed by atoms with Gasteiger partial charge in [0.1, 0.15) is 0 Å². The Hall–Kier alpha value is -4.47. The van der Waals surface area contributed by atoms with Crippen LogP contribution in [-0.4, -0.2) is 46.7 Å². The van der Waals surface area contributed by atoms with Crippen LogP contribution < -0.4 is 24.8 Å². The minimum absolute atomic E-state index is 0. The fraction of sp³-hybridized carbons (Fsp3) is 0. The standard InChI is InChI=1S/C32H16N8.2ClH.Ti/c1-2-10-18-17(9-1)25-33-26(18)38-28-21-13-5-6-14-22(21)30(35-28)40-32-24-16-8-7-15-23(24)31(36-32)39-29-20-12-4-3-11-19(20)27(34-29)37-25;;;/h1-16H;2*1H;/q;;;+4/p-2. The summed E-state index contributed by atoms with van der Waals surface area (Å²) < 4.78 is 0. The zero-order valence-electron chi connectivity index (χ0n) is 22.1. The van der Waals surface area contributed by atoms with E-state index in [9.17, 15) is 0 Å². The molecule has 0 amide bonds. The van der Waals surface area contributed by atoms with E-state index in [-0.39, 0.29) is 46.5 Å². The summed E-state index contributed by atoms with van der Waals surface area (Å²) >= 11 is 0. The number of hydrogen-bond donors (Lipinski definition) is 0. The van der Waals surface area contributed by atoms with Crippen molar-refractivity contribution in [2.45, 2.75) is 0 Å². The molecule has 11 heteroatoms. The molecule has 0 atom stereocenters. The number of nitrogens with zero attached hydrogens (tertiary/aromatic N) is 8. The third-order valence-corrected chi connectivity index (χ3v) is 7.33. The summed E-state index contributed by atoms with van der Waals surface area (Å²) in [6.07, 6.45) is 0. The van der Waals surface area contributed by atoms with E-state index in [1.54, 1.807) is 0 Å². The summed E-state index contributed by atoms with van der Waals surface area (Å²) in [6, 6.07) is 31.8. The van der Waals surface area contributed by atoms with Gasteiger partial charge in [-0.1, -0.05) is 97.1 Å². The molecule has 0 aromatic heterocycles. The van der Waals surface area contributed by atoms with Gasteiger partial charge in [-0.15, -0.1) is 0 Å². The number of benzene rings is 4. The van der Waals surface area contributed by atoms with Crippen LogP contribution in [0.5, 0.6) is 0 Å². The van der Waals surface area contributed by atoms with E-state index in [2.05, 4.69) is 0 Å². The minimum Gasteiger partial charge on any atom is -1.00 e. The van der Waals surface area contributed by atoms with E-state index in [0.29, 0.717) is 46.7 Å². The number of fused-ring (bicyclic) bond motifs is 16. The number of aliphatic imine (C=N–C) groups is 8. The largest absolute Gasteiger partial charge is 4.00 e. The van der Waals surface area contributed by atoms with Gasteiger partial charge in [-0.05, 0) is 0 Å². The average molecular weight is 631 g/mol. The van der Waals surface area contributed by atoms with Gasteiger partial charge in [0, 0.05) is 44.5 Å². The Morgan fingerprint density at radius 1 is 0.233 bits per heavy atom. The first-order valence-electron chi connectivity index (χ1n) is 12.9.